The van der Waals surface area contributed by atoms with Crippen molar-refractivity contribution in [3.63, 3.8) is 0 Å². The van der Waals surface area contributed by atoms with Crippen molar-refractivity contribution in [1.82, 2.24) is 0 Å². The molecule has 0 saturated heterocycles. The highest BCUT2D eigenvalue weighted by Gasteiger charge is 2.20. The Labute approximate surface area is 113 Å². The molecular formula is C19H14. The molecule has 0 N–H and O–H groups in total. The van der Waals surface area contributed by atoms with E-state index in [1.54, 1.807) is 0 Å². The van der Waals surface area contributed by atoms with Gasteiger partial charge in [0.15, 0.2) is 0 Å². The van der Waals surface area contributed by atoms with E-state index in [1.165, 1.54) is 33.4 Å². The lowest BCUT2D eigenvalue weighted by Crippen LogP contribution is -1.85. The minimum Gasteiger partial charge on any atom is -0.0622 e. The number of hydrogen-bond acceptors (Lipinski definition) is 0. The van der Waals surface area contributed by atoms with Crippen LogP contribution in [0.5, 0.6) is 0 Å². The quantitative estimate of drug-likeness (QED) is 0.444. The van der Waals surface area contributed by atoms with Gasteiger partial charge < -0.3 is 0 Å². The van der Waals surface area contributed by atoms with Gasteiger partial charge in [0.05, 0.1) is 0 Å². The average molecular weight is 242 g/mol. The van der Waals surface area contributed by atoms with Gasteiger partial charge in [-0.2, -0.15) is 0 Å². The van der Waals surface area contributed by atoms with Crippen LogP contribution >= 0.6 is 0 Å². The zero-order valence-electron chi connectivity index (χ0n) is 10.6. The molecule has 0 saturated carbocycles. The Morgan fingerprint density at radius 3 is 2.11 bits per heavy atom. The van der Waals surface area contributed by atoms with Gasteiger partial charge in [0, 0.05) is 0 Å². The molecule has 0 aliphatic heterocycles. The van der Waals surface area contributed by atoms with Crippen LogP contribution in [0.3, 0.4) is 0 Å². The highest BCUT2D eigenvalue weighted by molar-refractivity contribution is 5.90. The second kappa shape index (κ2) is 4.10. The summed E-state index contributed by atoms with van der Waals surface area (Å²) < 4.78 is 0. The summed E-state index contributed by atoms with van der Waals surface area (Å²) in [7, 11) is 0. The van der Waals surface area contributed by atoms with Gasteiger partial charge in [-0.25, -0.2) is 0 Å². The summed E-state index contributed by atoms with van der Waals surface area (Å²) in [6.45, 7) is 0. The molecule has 0 unspecified atom stereocenters. The maximum Gasteiger partial charge on any atom is -0.00132 e. The summed E-state index contributed by atoms with van der Waals surface area (Å²) >= 11 is 0. The summed E-state index contributed by atoms with van der Waals surface area (Å²) in [5, 5.41) is 0. The monoisotopic (exact) mass is 242 g/mol. The highest BCUT2D eigenvalue weighted by Crippen LogP contribution is 2.42. The first kappa shape index (κ1) is 10.6. The Kier molecular flexibility index (Phi) is 2.28. The molecule has 0 atom stereocenters. The van der Waals surface area contributed by atoms with Crippen LogP contribution < -0.4 is 0 Å². The number of rotatable bonds is 1. The fraction of sp³-hybridized carbons (Fsp3) is 0.0526. The molecule has 4 rings (SSSR count). The molecule has 0 aromatic heterocycles. The van der Waals surface area contributed by atoms with Crippen molar-refractivity contribution in [3.8, 4) is 22.3 Å². The van der Waals surface area contributed by atoms with Gasteiger partial charge in [0.2, 0.25) is 0 Å². The molecule has 0 heteroatoms. The van der Waals surface area contributed by atoms with E-state index < -0.39 is 0 Å². The van der Waals surface area contributed by atoms with Crippen molar-refractivity contribution in [2.24, 2.45) is 0 Å². The zero-order valence-corrected chi connectivity index (χ0v) is 10.6. The number of hydrogen-bond donors (Lipinski definition) is 0. The highest BCUT2D eigenvalue weighted by atomic mass is 14.2. The number of fused-ring (bicyclic) bond motifs is 3. The Balaban J connectivity index is 2.01. The summed E-state index contributed by atoms with van der Waals surface area (Å²) in [6.07, 6.45) is 1.06. The van der Waals surface area contributed by atoms with Crippen molar-refractivity contribution in [3.05, 3.63) is 83.9 Å². The van der Waals surface area contributed by atoms with Gasteiger partial charge in [0.25, 0.3) is 0 Å². The lowest BCUT2D eigenvalue weighted by Gasteiger charge is -2.09. The van der Waals surface area contributed by atoms with Crippen LogP contribution in [0.2, 0.25) is 0 Å². The van der Waals surface area contributed by atoms with Gasteiger partial charge in [-0.05, 0) is 39.8 Å². The van der Waals surface area contributed by atoms with Crippen LogP contribution in [-0.4, -0.2) is 0 Å². The largest absolute Gasteiger partial charge is 0.0622 e. The molecule has 1 aliphatic rings. The Hall–Kier alpha value is -2.34. The summed E-state index contributed by atoms with van der Waals surface area (Å²) in [4.78, 5) is 0. The molecule has 3 aromatic carbocycles. The van der Waals surface area contributed by atoms with Crippen molar-refractivity contribution in [2.45, 2.75) is 6.42 Å². The van der Waals surface area contributed by atoms with E-state index in [2.05, 4.69) is 72.8 Å². The Morgan fingerprint density at radius 1 is 0.526 bits per heavy atom. The predicted molar refractivity (Wildman–Crippen MR) is 80.1 cm³/mol. The van der Waals surface area contributed by atoms with Gasteiger partial charge in [-0.3, -0.25) is 0 Å². The summed E-state index contributed by atoms with van der Waals surface area (Å²) in [5.41, 5.74) is 8.36. The molecule has 0 amide bonds. The van der Waals surface area contributed by atoms with Crippen molar-refractivity contribution >= 4 is 0 Å². The lowest BCUT2D eigenvalue weighted by molar-refractivity contribution is 1.26. The van der Waals surface area contributed by atoms with Crippen LogP contribution in [0.4, 0.5) is 0 Å². The van der Waals surface area contributed by atoms with Crippen LogP contribution in [0, 0.1) is 0 Å². The molecule has 90 valence electrons. The molecule has 3 aromatic rings. The first-order valence-corrected chi connectivity index (χ1v) is 6.69. The average Bonchev–Trinajstić information content (AvgIpc) is 2.86. The first-order valence-electron chi connectivity index (χ1n) is 6.69. The molecule has 0 heterocycles. The second-order valence-corrected chi connectivity index (χ2v) is 5.04. The molecule has 0 fully saturated rings. The number of benzene rings is 3. The minimum atomic E-state index is 1.06. The zero-order chi connectivity index (χ0) is 12.7. The van der Waals surface area contributed by atoms with E-state index in [9.17, 15) is 0 Å². The third-order valence-corrected chi connectivity index (χ3v) is 3.90. The maximum atomic E-state index is 2.25. The third kappa shape index (κ3) is 1.61. The van der Waals surface area contributed by atoms with E-state index in [-0.39, 0.29) is 0 Å². The van der Waals surface area contributed by atoms with E-state index in [0.29, 0.717) is 0 Å². The SMILES string of the molecule is c1ccc(-c2cccc3c2-c2ccccc2C3)cc1. The Bertz CT molecular complexity index is 739. The van der Waals surface area contributed by atoms with Crippen LogP contribution in [-0.2, 0) is 6.42 Å². The normalized spacial score (nSPS) is 12.0. The maximum absolute atomic E-state index is 2.25. The van der Waals surface area contributed by atoms with Gasteiger partial charge >= 0.3 is 0 Å². The molecule has 0 radical (unpaired) electrons. The van der Waals surface area contributed by atoms with E-state index in [1.807, 2.05) is 0 Å². The molecule has 0 spiro atoms. The first-order chi connectivity index (χ1) is 9.43. The van der Waals surface area contributed by atoms with Crippen molar-refractivity contribution < 1.29 is 0 Å². The van der Waals surface area contributed by atoms with E-state index in [4.69, 9.17) is 0 Å². The molecular weight excluding hydrogens is 228 g/mol. The van der Waals surface area contributed by atoms with Crippen molar-refractivity contribution in [1.29, 1.82) is 0 Å². The van der Waals surface area contributed by atoms with Gasteiger partial charge in [-0.1, -0.05) is 72.8 Å². The topological polar surface area (TPSA) is 0 Å². The van der Waals surface area contributed by atoms with E-state index >= 15 is 0 Å². The van der Waals surface area contributed by atoms with Crippen LogP contribution in [0.25, 0.3) is 22.3 Å². The fourth-order valence-electron chi connectivity index (χ4n) is 3.05. The molecule has 19 heavy (non-hydrogen) atoms. The lowest BCUT2D eigenvalue weighted by atomic mass is 9.94. The summed E-state index contributed by atoms with van der Waals surface area (Å²) in [6, 6.07) is 26.1. The minimum absolute atomic E-state index is 1.06. The Morgan fingerprint density at radius 2 is 1.21 bits per heavy atom. The van der Waals surface area contributed by atoms with Crippen LogP contribution in [0.1, 0.15) is 11.1 Å². The van der Waals surface area contributed by atoms with Crippen LogP contribution in [0.15, 0.2) is 72.8 Å². The predicted octanol–water partition coefficient (Wildman–Crippen LogP) is 4.92. The van der Waals surface area contributed by atoms with Gasteiger partial charge in [-0.15, -0.1) is 0 Å². The summed E-state index contributed by atoms with van der Waals surface area (Å²) in [5.74, 6) is 0. The van der Waals surface area contributed by atoms with E-state index in [0.717, 1.165) is 6.42 Å². The molecule has 0 nitrogen and oxygen atoms in total. The third-order valence-electron chi connectivity index (χ3n) is 3.90. The molecule has 1 aliphatic carbocycles. The standard InChI is InChI=1S/C19H14/c1-2-7-14(8-3-1)17-12-6-10-16-13-15-9-4-5-11-18(15)19(16)17/h1-12H,13H2. The second-order valence-electron chi connectivity index (χ2n) is 5.04. The van der Waals surface area contributed by atoms with Crippen molar-refractivity contribution in [2.75, 3.05) is 0 Å². The fourth-order valence-corrected chi connectivity index (χ4v) is 3.05. The van der Waals surface area contributed by atoms with Gasteiger partial charge in [0.1, 0.15) is 0 Å². The molecule has 0 bridgehead atoms. The smallest absolute Gasteiger partial charge is 0.00132 e.